The molecule has 0 amide bonds. The Morgan fingerprint density at radius 2 is 1.77 bits per heavy atom. The Kier molecular flexibility index (Phi) is 4.88. The van der Waals surface area contributed by atoms with E-state index in [1.807, 2.05) is 12.1 Å². The summed E-state index contributed by atoms with van der Waals surface area (Å²) in [6.45, 7) is 3.24. The zero-order valence-corrected chi connectivity index (χ0v) is 15.9. The molecule has 0 radical (unpaired) electrons. The SMILES string of the molecule is Cc1cc(C)n(-c2nn(-c3ccc([N+](=O)[O-])cc3)c(=N)c(C#N)c2N)c(=O)c1C#N. The maximum Gasteiger partial charge on any atom is 0.274 e. The predicted molar refractivity (Wildman–Crippen MR) is 105 cm³/mol. The number of nitro groups is 1. The standard InChI is InChI=1S/C19H14N8O3/c1-10-7-11(2)25(19(28)14(10)8-20)18-16(22)15(9-21)17(23)26(24-18)12-3-5-13(6-4-12)27(29)30/h3-7,23H,22H2,1-2H3. The minimum Gasteiger partial charge on any atom is -0.394 e. The van der Waals surface area contributed by atoms with Crippen molar-refractivity contribution in [2.45, 2.75) is 13.8 Å². The van der Waals surface area contributed by atoms with Crippen molar-refractivity contribution in [1.82, 2.24) is 14.3 Å². The van der Waals surface area contributed by atoms with Gasteiger partial charge in [0.25, 0.3) is 11.2 Å². The van der Waals surface area contributed by atoms with Crippen LogP contribution in [0.15, 0.2) is 35.1 Å². The number of aromatic nitrogens is 3. The van der Waals surface area contributed by atoms with Gasteiger partial charge in [0.2, 0.25) is 0 Å². The van der Waals surface area contributed by atoms with Gasteiger partial charge in [-0.1, -0.05) is 0 Å². The average Bonchev–Trinajstić information content (AvgIpc) is 2.70. The first-order valence-corrected chi connectivity index (χ1v) is 8.47. The molecule has 30 heavy (non-hydrogen) atoms. The molecule has 0 aliphatic rings. The molecule has 0 atom stereocenters. The lowest BCUT2D eigenvalue weighted by Crippen LogP contribution is -2.32. The molecule has 0 aliphatic heterocycles. The second kappa shape index (κ2) is 7.33. The average molecular weight is 402 g/mol. The Bertz CT molecular complexity index is 1400. The van der Waals surface area contributed by atoms with Crippen LogP contribution in [0.25, 0.3) is 11.5 Å². The van der Waals surface area contributed by atoms with E-state index in [-0.39, 0.29) is 39.5 Å². The number of nitrogens with two attached hydrogens (primary N) is 1. The Hall–Kier alpha value is -4.77. The van der Waals surface area contributed by atoms with Crippen LogP contribution in [0, 0.1) is 52.0 Å². The van der Waals surface area contributed by atoms with E-state index in [2.05, 4.69) is 5.10 Å². The van der Waals surface area contributed by atoms with Gasteiger partial charge < -0.3 is 5.73 Å². The topological polar surface area (TPSA) is 180 Å². The molecule has 0 unspecified atom stereocenters. The number of nitro benzene ring substituents is 1. The summed E-state index contributed by atoms with van der Waals surface area (Å²) < 4.78 is 2.15. The van der Waals surface area contributed by atoms with Crippen LogP contribution in [0.2, 0.25) is 0 Å². The monoisotopic (exact) mass is 402 g/mol. The molecule has 3 rings (SSSR count). The fraction of sp³-hybridized carbons (Fsp3) is 0.105. The van der Waals surface area contributed by atoms with E-state index in [9.17, 15) is 25.4 Å². The quantitative estimate of drug-likeness (QED) is 0.489. The van der Waals surface area contributed by atoms with Crippen molar-refractivity contribution in [3.8, 4) is 23.6 Å². The summed E-state index contributed by atoms with van der Waals surface area (Å²) >= 11 is 0. The minimum atomic E-state index is -0.661. The summed E-state index contributed by atoms with van der Waals surface area (Å²) in [5.41, 5.74) is 5.51. The minimum absolute atomic E-state index is 0.0999. The van der Waals surface area contributed by atoms with Gasteiger partial charge in [0.15, 0.2) is 11.3 Å². The Morgan fingerprint density at radius 3 is 2.30 bits per heavy atom. The van der Waals surface area contributed by atoms with Crippen molar-refractivity contribution in [1.29, 1.82) is 15.9 Å². The van der Waals surface area contributed by atoms with Crippen LogP contribution >= 0.6 is 0 Å². The number of nitrogen functional groups attached to an aromatic ring is 1. The molecule has 0 bridgehead atoms. The number of anilines is 1. The van der Waals surface area contributed by atoms with Gasteiger partial charge in [-0.05, 0) is 37.6 Å². The number of rotatable bonds is 3. The number of hydrogen-bond acceptors (Lipinski definition) is 8. The first kappa shape index (κ1) is 20.0. The van der Waals surface area contributed by atoms with Gasteiger partial charge in [-0.2, -0.15) is 10.5 Å². The van der Waals surface area contributed by atoms with E-state index < -0.39 is 10.5 Å². The first-order valence-electron chi connectivity index (χ1n) is 8.47. The maximum absolute atomic E-state index is 12.9. The number of benzene rings is 1. The molecule has 11 heteroatoms. The van der Waals surface area contributed by atoms with Crippen molar-refractivity contribution in [3.63, 3.8) is 0 Å². The van der Waals surface area contributed by atoms with Gasteiger partial charge >= 0.3 is 0 Å². The molecule has 0 fully saturated rings. The van der Waals surface area contributed by atoms with Crippen LogP contribution < -0.4 is 16.8 Å². The van der Waals surface area contributed by atoms with Crippen LogP contribution in [-0.4, -0.2) is 19.3 Å². The Morgan fingerprint density at radius 1 is 1.17 bits per heavy atom. The van der Waals surface area contributed by atoms with Crippen LogP contribution in [0.4, 0.5) is 11.4 Å². The van der Waals surface area contributed by atoms with Crippen LogP contribution in [0.3, 0.4) is 0 Å². The molecule has 0 aliphatic carbocycles. The smallest absolute Gasteiger partial charge is 0.274 e. The molecule has 11 nitrogen and oxygen atoms in total. The second-order valence-corrected chi connectivity index (χ2v) is 6.35. The highest BCUT2D eigenvalue weighted by Gasteiger charge is 2.20. The van der Waals surface area contributed by atoms with Crippen molar-refractivity contribution in [2.24, 2.45) is 0 Å². The molecule has 0 saturated heterocycles. The molecule has 2 heterocycles. The zero-order chi connectivity index (χ0) is 22.2. The lowest BCUT2D eigenvalue weighted by molar-refractivity contribution is -0.384. The van der Waals surface area contributed by atoms with E-state index in [4.69, 9.17) is 11.1 Å². The van der Waals surface area contributed by atoms with Gasteiger partial charge in [0.1, 0.15) is 23.3 Å². The fourth-order valence-corrected chi connectivity index (χ4v) is 3.01. The van der Waals surface area contributed by atoms with E-state index in [0.29, 0.717) is 11.3 Å². The van der Waals surface area contributed by atoms with Gasteiger partial charge in [0.05, 0.1) is 16.3 Å². The number of nitrogens with zero attached hydrogens (tertiary/aromatic N) is 6. The van der Waals surface area contributed by atoms with Crippen LogP contribution in [0.5, 0.6) is 0 Å². The highest BCUT2D eigenvalue weighted by molar-refractivity contribution is 5.63. The third-order valence-electron chi connectivity index (χ3n) is 4.48. The summed E-state index contributed by atoms with van der Waals surface area (Å²) in [6.07, 6.45) is 0. The maximum atomic E-state index is 12.9. The summed E-state index contributed by atoms with van der Waals surface area (Å²) in [5.74, 6) is -0.125. The van der Waals surface area contributed by atoms with E-state index in [1.54, 1.807) is 19.9 Å². The van der Waals surface area contributed by atoms with Gasteiger partial charge in [0, 0.05) is 17.8 Å². The molecule has 0 saturated carbocycles. The number of nitriles is 2. The van der Waals surface area contributed by atoms with E-state index in [0.717, 1.165) is 9.25 Å². The van der Waals surface area contributed by atoms with Crippen molar-refractivity contribution in [3.05, 3.63) is 78.7 Å². The highest BCUT2D eigenvalue weighted by Crippen LogP contribution is 2.20. The summed E-state index contributed by atoms with van der Waals surface area (Å²) in [7, 11) is 0. The van der Waals surface area contributed by atoms with Crippen LogP contribution in [0.1, 0.15) is 22.4 Å². The Balaban J connectivity index is 2.40. The largest absolute Gasteiger partial charge is 0.394 e. The summed E-state index contributed by atoms with van der Waals surface area (Å²) in [6, 6.07) is 10.5. The van der Waals surface area contributed by atoms with E-state index >= 15 is 0 Å². The number of aryl methyl sites for hydroxylation is 2. The molecule has 3 aromatic rings. The van der Waals surface area contributed by atoms with Crippen molar-refractivity contribution in [2.75, 3.05) is 5.73 Å². The third kappa shape index (κ3) is 3.06. The first-order chi connectivity index (χ1) is 14.2. The molecular formula is C19H14N8O3. The normalized spacial score (nSPS) is 10.3. The van der Waals surface area contributed by atoms with Gasteiger partial charge in [-0.3, -0.25) is 24.9 Å². The van der Waals surface area contributed by atoms with Gasteiger partial charge in [-0.15, -0.1) is 5.10 Å². The van der Waals surface area contributed by atoms with Crippen molar-refractivity contribution >= 4 is 11.4 Å². The lowest BCUT2D eigenvalue weighted by Gasteiger charge is -2.16. The molecular weight excluding hydrogens is 388 g/mol. The lowest BCUT2D eigenvalue weighted by atomic mass is 10.1. The molecule has 1 aromatic carbocycles. The summed E-state index contributed by atoms with van der Waals surface area (Å²) in [5, 5.41) is 42.3. The molecule has 2 aromatic heterocycles. The third-order valence-corrected chi connectivity index (χ3v) is 4.48. The molecule has 148 valence electrons. The van der Waals surface area contributed by atoms with Crippen molar-refractivity contribution < 1.29 is 4.92 Å². The predicted octanol–water partition coefficient (Wildman–Crippen LogP) is 1.35. The zero-order valence-electron chi connectivity index (χ0n) is 15.9. The number of pyridine rings is 1. The number of non-ortho nitro benzene ring substituents is 1. The highest BCUT2D eigenvalue weighted by atomic mass is 16.6. The number of nitrogens with one attached hydrogen (secondary N) is 1. The van der Waals surface area contributed by atoms with E-state index in [1.165, 1.54) is 24.3 Å². The number of hydrogen-bond donors (Lipinski definition) is 2. The second-order valence-electron chi connectivity index (χ2n) is 6.35. The van der Waals surface area contributed by atoms with Gasteiger partial charge in [-0.25, -0.2) is 4.68 Å². The molecule has 0 spiro atoms. The Labute approximate surface area is 169 Å². The summed E-state index contributed by atoms with van der Waals surface area (Å²) in [4.78, 5) is 23.2. The fourth-order valence-electron chi connectivity index (χ4n) is 3.01. The molecule has 3 N–H and O–H groups in total. The van der Waals surface area contributed by atoms with Crippen LogP contribution in [-0.2, 0) is 0 Å².